The van der Waals surface area contributed by atoms with E-state index >= 15 is 0 Å². The van der Waals surface area contributed by atoms with Gasteiger partial charge in [0.05, 0.1) is 5.69 Å². The highest BCUT2D eigenvalue weighted by Gasteiger charge is 2.16. The van der Waals surface area contributed by atoms with E-state index in [1.54, 1.807) is 19.1 Å². The molecule has 0 radical (unpaired) electrons. The molecule has 0 bridgehead atoms. The Morgan fingerprint density at radius 3 is 2.48 bits per heavy atom. The molecule has 0 fully saturated rings. The number of aromatic nitrogens is 1. The third kappa shape index (κ3) is 3.82. The lowest BCUT2D eigenvalue weighted by Gasteiger charge is -2.07. The zero-order valence-electron chi connectivity index (χ0n) is 11.0. The van der Waals surface area contributed by atoms with Gasteiger partial charge in [-0.3, -0.25) is 9.59 Å². The molecule has 1 aromatic heterocycles. The van der Waals surface area contributed by atoms with E-state index in [1.807, 2.05) is 5.32 Å². The number of carbonyl (C=O) groups excluding carboxylic acids is 2. The van der Waals surface area contributed by atoms with Crippen molar-refractivity contribution in [3.05, 3.63) is 53.7 Å². The summed E-state index contributed by atoms with van der Waals surface area (Å²) >= 11 is 0. The molecule has 0 spiro atoms. The van der Waals surface area contributed by atoms with Gasteiger partial charge in [0.2, 0.25) is 0 Å². The molecule has 1 heterocycles. The first-order valence-corrected chi connectivity index (χ1v) is 5.96. The summed E-state index contributed by atoms with van der Waals surface area (Å²) in [5.41, 5.74) is 0.434. The van der Waals surface area contributed by atoms with Crippen LogP contribution < -0.4 is 10.6 Å². The second-order valence-electron chi connectivity index (χ2n) is 4.25. The van der Waals surface area contributed by atoms with E-state index in [9.17, 15) is 18.4 Å². The number of nitrogens with zero attached hydrogens (tertiary/aromatic N) is 1. The highest BCUT2D eigenvalue weighted by molar-refractivity contribution is 6.43. The maximum Gasteiger partial charge on any atom is 0.315 e. The molecule has 2 rings (SSSR count). The Bertz CT molecular complexity index is 704. The van der Waals surface area contributed by atoms with Crippen LogP contribution in [0.15, 0.2) is 36.5 Å². The van der Waals surface area contributed by atoms with Gasteiger partial charge in [0.25, 0.3) is 0 Å². The molecule has 21 heavy (non-hydrogen) atoms. The standard InChI is InChI=1S/C14H11F2N3O2/c1-8-4-5-17-12(6-8)19-14(21)13(20)18-11-7-9(15)2-3-10(11)16/h2-7H,1H3,(H,18,20)(H,17,19,21). The van der Waals surface area contributed by atoms with Gasteiger partial charge in [-0.25, -0.2) is 13.8 Å². The maximum atomic E-state index is 13.3. The maximum absolute atomic E-state index is 13.3. The molecule has 0 aliphatic rings. The predicted molar refractivity (Wildman–Crippen MR) is 72.6 cm³/mol. The van der Waals surface area contributed by atoms with Gasteiger partial charge in [-0.1, -0.05) is 0 Å². The molecular formula is C14H11F2N3O2. The number of pyridine rings is 1. The Hall–Kier alpha value is -2.83. The number of amides is 2. The van der Waals surface area contributed by atoms with Gasteiger partial charge in [0, 0.05) is 12.3 Å². The fraction of sp³-hybridized carbons (Fsp3) is 0.0714. The normalized spacial score (nSPS) is 10.0. The van der Waals surface area contributed by atoms with Crippen molar-refractivity contribution in [2.24, 2.45) is 0 Å². The molecule has 7 heteroatoms. The number of nitrogens with one attached hydrogen (secondary N) is 2. The van der Waals surface area contributed by atoms with Crippen LogP contribution in [0.4, 0.5) is 20.3 Å². The van der Waals surface area contributed by atoms with Crippen molar-refractivity contribution < 1.29 is 18.4 Å². The monoisotopic (exact) mass is 291 g/mol. The van der Waals surface area contributed by atoms with Gasteiger partial charge in [0.15, 0.2) is 0 Å². The summed E-state index contributed by atoms with van der Waals surface area (Å²) < 4.78 is 26.3. The van der Waals surface area contributed by atoms with Crippen molar-refractivity contribution in [1.29, 1.82) is 0 Å². The average molecular weight is 291 g/mol. The molecule has 2 amide bonds. The Balaban J connectivity index is 2.06. The van der Waals surface area contributed by atoms with Gasteiger partial charge in [-0.2, -0.15) is 0 Å². The molecule has 0 aliphatic heterocycles. The van der Waals surface area contributed by atoms with E-state index in [0.717, 1.165) is 23.8 Å². The summed E-state index contributed by atoms with van der Waals surface area (Å²) in [7, 11) is 0. The zero-order chi connectivity index (χ0) is 15.4. The molecule has 1 aromatic carbocycles. The van der Waals surface area contributed by atoms with E-state index in [2.05, 4.69) is 10.3 Å². The van der Waals surface area contributed by atoms with Crippen molar-refractivity contribution in [3.63, 3.8) is 0 Å². The van der Waals surface area contributed by atoms with Crippen molar-refractivity contribution in [3.8, 4) is 0 Å². The Morgan fingerprint density at radius 1 is 1.05 bits per heavy atom. The quantitative estimate of drug-likeness (QED) is 0.834. The third-order valence-corrected chi connectivity index (χ3v) is 2.54. The van der Waals surface area contributed by atoms with Crippen molar-refractivity contribution in [2.45, 2.75) is 6.92 Å². The van der Waals surface area contributed by atoms with Crippen LogP contribution in [0.5, 0.6) is 0 Å². The first-order chi connectivity index (χ1) is 9.95. The van der Waals surface area contributed by atoms with Crippen LogP contribution in [0.1, 0.15) is 5.56 Å². The van der Waals surface area contributed by atoms with Crippen LogP contribution in [-0.4, -0.2) is 16.8 Å². The van der Waals surface area contributed by atoms with Crippen molar-refractivity contribution in [1.82, 2.24) is 4.98 Å². The second-order valence-corrected chi connectivity index (χ2v) is 4.25. The summed E-state index contributed by atoms with van der Waals surface area (Å²) in [6.07, 6.45) is 1.47. The number of anilines is 2. The van der Waals surface area contributed by atoms with E-state index in [0.29, 0.717) is 0 Å². The first kappa shape index (κ1) is 14.6. The summed E-state index contributed by atoms with van der Waals surface area (Å²) in [4.78, 5) is 27.1. The molecule has 108 valence electrons. The molecule has 5 nitrogen and oxygen atoms in total. The number of rotatable bonds is 2. The minimum Gasteiger partial charge on any atom is -0.315 e. The number of benzene rings is 1. The number of halogens is 2. The van der Waals surface area contributed by atoms with Crippen molar-refractivity contribution >= 4 is 23.3 Å². The molecule has 0 saturated heterocycles. The number of hydrogen-bond acceptors (Lipinski definition) is 3. The Labute approximate surface area is 119 Å². The van der Waals surface area contributed by atoms with Crippen LogP contribution in [0.25, 0.3) is 0 Å². The van der Waals surface area contributed by atoms with Crippen LogP contribution in [0.2, 0.25) is 0 Å². The van der Waals surface area contributed by atoms with Crippen LogP contribution in [0.3, 0.4) is 0 Å². The van der Waals surface area contributed by atoms with Gasteiger partial charge < -0.3 is 10.6 Å². The lowest BCUT2D eigenvalue weighted by molar-refractivity contribution is -0.133. The third-order valence-electron chi connectivity index (χ3n) is 2.54. The molecular weight excluding hydrogens is 280 g/mol. The topological polar surface area (TPSA) is 71.1 Å². The summed E-state index contributed by atoms with van der Waals surface area (Å²) in [5.74, 6) is -3.53. The molecule has 2 N–H and O–H groups in total. The van der Waals surface area contributed by atoms with Crippen LogP contribution >= 0.6 is 0 Å². The molecule has 2 aromatic rings. The molecule has 0 saturated carbocycles. The zero-order valence-corrected chi connectivity index (χ0v) is 11.0. The fourth-order valence-corrected chi connectivity index (χ4v) is 1.55. The van der Waals surface area contributed by atoms with Gasteiger partial charge in [0.1, 0.15) is 17.5 Å². The average Bonchev–Trinajstić information content (AvgIpc) is 2.43. The fourth-order valence-electron chi connectivity index (χ4n) is 1.55. The lowest BCUT2D eigenvalue weighted by Crippen LogP contribution is -2.29. The summed E-state index contributed by atoms with van der Waals surface area (Å²) in [5, 5.41) is 4.25. The second kappa shape index (κ2) is 6.08. The SMILES string of the molecule is Cc1ccnc(NC(=O)C(=O)Nc2cc(F)ccc2F)c1. The largest absolute Gasteiger partial charge is 0.315 e. The van der Waals surface area contributed by atoms with E-state index < -0.39 is 29.1 Å². The molecule has 0 atom stereocenters. The van der Waals surface area contributed by atoms with Gasteiger partial charge in [-0.05, 0) is 36.8 Å². The number of aryl methyl sites for hydroxylation is 1. The highest BCUT2D eigenvalue weighted by atomic mass is 19.1. The summed E-state index contributed by atoms with van der Waals surface area (Å²) in [6, 6.07) is 5.82. The lowest BCUT2D eigenvalue weighted by atomic mass is 10.3. The predicted octanol–water partition coefficient (Wildman–Crippen LogP) is 2.25. The number of carbonyl (C=O) groups is 2. The van der Waals surface area contributed by atoms with E-state index in [4.69, 9.17) is 0 Å². The van der Waals surface area contributed by atoms with Crippen LogP contribution in [0, 0.1) is 18.6 Å². The number of hydrogen-bond donors (Lipinski definition) is 2. The first-order valence-electron chi connectivity index (χ1n) is 5.96. The van der Waals surface area contributed by atoms with Gasteiger partial charge in [-0.15, -0.1) is 0 Å². The minimum absolute atomic E-state index is 0.190. The smallest absolute Gasteiger partial charge is 0.315 e. The Kier molecular flexibility index (Phi) is 4.22. The molecule has 0 aliphatic carbocycles. The summed E-state index contributed by atoms with van der Waals surface area (Å²) in [6.45, 7) is 1.79. The minimum atomic E-state index is -1.12. The van der Waals surface area contributed by atoms with E-state index in [1.165, 1.54) is 6.20 Å². The van der Waals surface area contributed by atoms with Gasteiger partial charge >= 0.3 is 11.8 Å². The van der Waals surface area contributed by atoms with E-state index in [-0.39, 0.29) is 5.82 Å². The highest BCUT2D eigenvalue weighted by Crippen LogP contribution is 2.15. The molecule has 0 unspecified atom stereocenters. The van der Waals surface area contributed by atoms with Crippen LogP contribution in [-0.2, 0) is 9.59 Å². The van der Waals surface area contributed by atoms with Crippen molar-refractivity contribution in [2.75, 3.05) is 10.6 Å². The Morgan fingerprint density at radius 2 is 1.76 bits per heavy atom.